The summed E-state index contributed by atoms with van der Waals surface area (Å²) in [5.74, 6) is 0. The molecule has 0 fully saturated rings. The van der Waals surface area contributed by atoms with Crippen LogP contribution < -0.4 is 0 Å². The van der Waals surface area contributed by atoms with E-state index >= 15 is 0 Å². The van der Waals surface area contributed by atoms with Gasteiger partial charge in [0.05, 0.1) is 6.04 Å². The highest BCUT2D eigenvalue weighted by molar-refractivity contribution is 6.13. The fraction of sp³-hybridized carbons (Fsp3) is 0.136. The van der Waals surface area contributed by atoms with E-state index in [-0.39, 0.29) is 6.04 Å². The van der Waals surface area contributed by atoms with Gasteiger partial charge in [0, 0.05) is 27.3 Å². The van der Waals surface area contributed by atoms with E-state index in [2.05, 4.69) is 196 Å². The quantitative estimate of drug-likeness (QED) is 0.109. The van der Waals surface area contributed by atoms with Crippen LogP contribution in [-0.4, -0.2) is 5.71 Å². The molecule has 0 saturated carbocycles. The topological polar surface area (TPSA) is 38.6 Å². The molecule has 302 valence electrons. The summed E-state index contributed by atoms with van der Waals surface area (Å²) in [4.78, 5) is 5.60. The highest BCUT2D eigenvalue weighted by atomic mass is 16.3. The van der Waals surface area contributed by atoms with Crippen molar-refractivity contribution in [1.82, 2.24) is 0 Å². The Morgan fingerprint density at radius 3 is 1.95 bits per heavy atom. The maximum atomic E-state index is 6.54. The lowest BCUT2D eigenvalue weighted by molar-refractivity contribution is 0.604. The third-order valence-electron chi connectivity index (χ3n) is 12.2. The zero-order valence-electron chi connectivity index (χ0n) is 35.4. The van der Waals surface area contributed by atoms with Crippen LogP contribution in [0.2, 0.25) is 0 Å². The minimum Gasteiger partial charge on any atom is -0.456 e. The van der Waals surface area contributed by atoms with Crippen LogP contribution in [0.5, 0.6) is 0 Å². The second-order valence-electron chi connectivity index (χ2n) is 16.5. The average molecular weight is 804 g/mol. The smallest absolute Gasteiger partial charge is 0.136 e. The molecule has 0 aliphatic carbocycles. The lowest BCUT2D eigenvalue weighted by Crippen LogP contribution is -2.06. The lowest BCUT2D eigenvalue weighted by atomic mass is 9.94. The minimum absolute atomic E-state index is 0.0611. The Morgan fingerprint density at radius 1 is 0.516 bits per heavy atom. The fourth-order valence-electron chi connectivity index (χ4n) is 8.93. The molecule has 2 aromatic heterocycles. The number of para-hydroxylation sites is 1. The Hall–Kier alpha value is -7.23. The Balaban J connectivity index is 0.919. The van der Waals surface area contributed by atoms with E-state index in [0.29, 0.717) is 0 Å². The Morgan fingerprint density at radius 2 is 1.16 bits per heavy atom. The third kappa shape index (κ3) is 8.02. The molecular weight excluding hydrogens is 755 g/mol. The minimum atomic E-state index is 0.0611. The number of benzene rings is 8. The van der Waals surface area contributed by atoms with Crippen molar-refractivity contribution >= 4 is 55.7 Å². The SMILES string of the molecule is CCCCC(/N=C(\CC/C(C)=C\c1ccc2oc3ccccc3c2c1)c1ccccc1)c1ccc(-c2cccc3oc4cc(-c5ccc(-c6ccccc6)cc5)ccc4c23)cc1. The highest BCUT2D eigenvalue weighted by Gasteiger charge is 2.17. The van der Waals surface area contributed by atoms with Crippen molar-refractivity contribution in [3.63, 3.8) is 0 Å². The molecule has 0 amide bonds. The number of nitrogens with zero attached hydrogens (tertiary/aromatic N) is 1. The molecule has 10 rings (SSSR count). The van der Waals surface area contributed by atoms with Crippen molar-refractivity contribution in [3.8, 4) is 33.4 Å². The number of fused-ring (bicyclic) bond motifs is 6. The predicted molar refractivity (Wildman–Crippen MR) is 262 cm³/mol. The molecule has 3 heteroatoms. The first-order chi connectivity index (χ1) is 30.6. The standard InChI is InChI=1S/C59H49NO2/c1-3-4-20-53(60-54(46-16-9-6-10-17-46)35-23-40(2)37-41-24-36-56-52(38-41)50-18-11-12-21-55(50)61-56)47-31-29-45(30-32-47)49-19-13-22-57-59(49)51-34-33-48(39-58(51)62-57)44-27-25-43(26-28-44)42-14-7-5-8-15-42/h5-19,21-22,24-34,36-39,53H,3-4,20,23,35H2,1-2H3/b40-37-,60-54+. The Labute approximate surface area is 363 Å². The van der Waals surface area contributed by atoms with E-state index in [1.165, 1.54) is 50.1 Å². The average Bonchev–Trinajstić information content (AvgIpc) is 3.90. The molecule has 1 atom stereocenters. The van der Waals surface area contributed by atoms with E-state index in [9.17, 15) is 0 Å². The molecule has 0 aliphatic rings. The number of allylic oxidation sites excluding steroid dienone is 1. The fourth-order valence-corrected chi connectivity index (χ4v) is 8.93. The summed E-state index contributed by atoms with van der Waals surface area (Å²) in [5.41, 5.74) is 16.8. The maximum Gasteiger partial charge on any atom is 0.136 e. The largest absolute Gasteiger partial charge is 0.456 e. The summed E-state index contributed by atoms with van der Waals surface area (Å²) in [5, 5.41) is 4.59. The second-order valence-corrected chi connectivity index (χ2v) is 16.5. The Kier molecular flexibility index (Phi) is 10.9. The van der Waals surface area contributed by atoms with Crippen LogP contribution in [0.1, 0.15) is 68.7 Å². The van der Waals surface area contributed by atoms with Gasteiger partial charge in [0.2, 0.25) is 0 Å². The predicted octanol–water partition coefficient (Wildman–Crippen LogP) is 17.1. The van der Waals surface area contributed by atoms with Gasteiger partial charge in [-0.1, -0.05) is 183 Å². The van der Waals surface area contributed by atoms with Crippen LogP contribution >= 0.6 is 0 Å². The summed E-state index contributed by atoms with van der Waals surface area (Å²) in [7, 11) is 0. The molecule has 1 unspecified atom stereocenters. The molecule has 0 bridgehead atoms. The van der Waals surface area contributed by atoms with Gasteiger partial charge in [0.1, 0.15) is 22.3 Å². The number of rotatable bonds is 13. The summed E-state index contributed by atoms with van der Waals surface area (Å²) in [6, 6.07) is 67.0. The molecular formula is C59H49NO2. The van der Waals surface area contributed by atoms with Crippen molar-refractivity contribution in [2.45, 2.75) is 52.0 Å². The normalized spacial score (nSPS) is 12.8. The van der Waals surface area contributed by atoms with Gasteiger partial charge in [-0.3, -0.25) is 4.99 Å². The highest BCUT2D eigenvalue weighted by Crippen LogP contribution is 2.39. The van der Waals surface area contributed by atoms with Gasteiger partial charge < -0.3 is 8.83 Å². The first-order valence-electron chi connectivity index (χ1n) is 22.0. The van der Waals surface area contributed by atoms with Gasteiger partial charge in [-0.2, -0.15) is 0 Å². The summed E-state index contributed by atoms with van der Waals surface area (Å²) >= 11 is 0. The Bertz CT molecular complexity index is 3200. The van der Waals surface area contributed by atoms with E-state index in [1.807, 2.05) is 12.1 Å². The van der Waals surface area contributed by atoms with Gasteiger partial charge in [0.15, 0.2) is 0 Å². The molecule has 0 aliphatic heterocycles. The zero-order chi connectivity index (χ0) is 41.8. The number of furan rings is 2. The number of hydrogen-bond acceptors (Lipinski definition) is 3. The molecule has 8 aromatic carbocycles. The molecule has 2 heterocycles. The van der Waals surface area contributed by atoms with Crippen molar-refractivity contribution < 1.29 is 8.83 Å². The van der Waals surface area contributed by atoms with Crippen LogP contribution in [0.3, 0.4) is 0 Å². The second kappa shape index (κ2) is 17.4. The molecule has 62 heavy (non-hydrogen) atoms. The van der Waals surface area contributed by atoms with E-state index in [0.717, 1.165) is 87.3 Å². The summed E-state index contributed by atoms with van der Waals surface area (Å²) in [6.07, 6.45) is 7.33. The monoisotopic (exact) mass is 803 g/mol. The lowest BCUT2D eigenvalue weighted by Gasteiger charge is -2.17. The van der Waals surface area contributed by atoms with Gasteiger partial charge in [-0.05, 0) is 113 Å². The third-order valence-corrected chi connectivity index (χ3v) is 12.2. The summed E-state index contributed by atoms with van der Waals surface area (Å²) in [6.45, 7) is 4.50. The zero-order valence-corrected chi connectivity index (χ0v) is 35.4. The number of unbranched alkanes of at least 4 members (excludes halogenated alkanes) is 1. The van der Waals surface area contributed by atoms with Gasteiger partial charge in [0.25, 0.3) is 0 Å². The van der Waals surface area contributed by atoms with Crippen molar-refractivity contribution in [3.05, 3.63) is 210 Å². The van der Waals surface area contributed by atoms with Crippen LogP contribution in [0, 0.1) is 0 Å². The molecule has 0 N–H and O–H groups in total. The van der Waals surface area contributed by atoms with Gasteiger partial charge in [-0.15, -0.1) is 0 Å². The van der Waals surface area contributed by atoms with Crippen LogP contribution in [0.25, 0.3) is 83.3 Å². The number of aliphatic imine (C=N–C) groups is 1. The maximum absolute atomic E-state index is 6.54. The van der Waals surface area contributed by atoms with Gasteiger partial charge >= 0.3 is 0 Å². The van der Waals surface area contributed by atoms with E-state index in [1.54, 1.807) is 0 Å². The van der Waals surface area contributed by atoms with Crippen LogP contribution in [0.15, 0.2) is 207 Å². The van der Waals surface area contributed by atoms with E-state index < -0.39 is 0 Å². The molecule has 0 radical (unpaired) electrons. The molecule has 0 spiro atoms. The van der Waals surface area contributed by atoms with Gasteiger partial charge in [-0.25, -0.2) is 0 Å². The van der Waals surface area contributed by atoms with Crippen molar-refractivity contribution in [2.75, 3.05) is 0 Å². The summed E-state index contributed by atoms with van der Waals surface area (Å²) < 4.78 is 12.6. The van der Waals surface area contributed by atoms with Crippen molar-refractivity contribution in [1.29, 1.82) is 0 Å². The number of hydrogen-bond donors (Lipinski definition) is 0. The molecule has 10 aromatic rings. The first kappa shape index (κ1) is 38.9. The molecule has 3 nitrogen and oxygen atoms in total. The first-order valence-corrected chi connectivity index (χ1v) is 22.0. The molecule has 0 saturated heterocycles. The van der Waals surface area contributed by atoms with Crippen molar-refractivity contribution in [2.24, 2.45) is 4.99 Å². The van der Waals surface area contributed by atoms with Crippen LogP contribution in [-0.2, 0) is 0 Å². The van der Waals surface area contributed by atoms with E-state index in [4.69, 9.17) is 13.8 Å². The van der Waals surface area contributed by atoms with Crippen LogP contribution in [0.4, 0.5) is 0 Å².